The van der Waals surface area contributed by atoms with Crippen LogP contribution in [0.4, 0.5) is 0 Å². The third kappa shape index (κ3) is 11.4. The second-order valence-electron chi connectivity index (χ2n) is 15.0. The van der Waals surface area contributed by atoms with Gasteiger partial charge in [0.2, 0.25) is 7.51 Å². The number of para-hydroxylation sites is 8. The lowest BCUT2D eigenvalue weighted by atomic mass is 10.3. The molecule has 8 aromatic rings. The molecule has 0 saturated carbocycles. The fraction of sp³-hybridized carbons (Fsp3) is 0.111. The van der Waals surface area contributed by atoms with Crippen molar-refractivity contribution < 1.29 is 38.0 Å². The molecule has 0 saturated heterocycles. The van der Waals surface area contributed by atoms with Crippen molar-refractivity contribution in [2.75, 3.05) is 27.9 Å². The van der Waals surface area contributed by atoms with E-state index < -0.39 is 19.7 Å². The van der Waals surface area contributed by atoms with E-state index in [0.29, 0.717) is 46.0 Å². The molecular weight excluding hydrogens is 864 g/mol. The van der Waals surface area contributed by atoms with E-state index in [4.69, 9.17) is 42.9 Å². The minimum Gasteiger partial charge on any atom is -0.478 e. The largest absolute Gasteiger partial charge is 0.511 e. The van der Waals surface area contributed by atoms with Crippen LogP contribution in [0.5, 0.6) is 46.0 Å². The number of hydrogen-bond donors (Lipinski definition) is 0. The molecule has 0 aromatic heterocycles. The van der Waals surface area contributed by atoms with Gasteiger partial charge < -0.3 is 38.0 Å². The van der Waals surface area contributed by atoms with Crippen molar-refractivity contribution in [2.45, 2.75) is 12.2 Å². The smallest absolute Gasteiger partial charge is 0.478 e. The number of hydrogen-bond acceptors (Lipinski definition) is 9. The average molecular weight is 915 g/mol. The molecule has 13 heteroatoms. The summed E-state index contributed by atoms with van der Waals surface area (Å²) in [5, 5.41) is 0. The van der Waals surface area contributed by atoms with Crippen LogP contribution in [-0.2, 0) is 0 Å². The molecule has 0 heterocycles. The van der Waals surface area contributed by atoms with Gasteiger partial charge in [0.1, 0.15) is 47.0 Å². The maximum absolute atomic E-state index is 7.37. The summed E-state index contributed by atoms with van der Waals surface area (Å²) < 4.78 is 56.2. The minimum absolute atomic E-state index is 0.0930. The molecule has 0 aliphatic carbocycles. The highest BCUT2D eigenvalue weighted by Gasteiger charge is 2.71. The zero-order valence-corrected chi connectivity index (χ0v) is 38.2. The third-order valence-electron chi connectivity index (χ3n) is 9.88. The molecule has 8 aromatic carbocycles. The third-order valence-corrected chi connectivity index (χ3v) is 13.3. The molecule has 340 valence electrons. The lowest BCUT2D eigenvalue weighted by Crippen LogP contribution is -2.75. The summed E-state index contributed by atoms with van der Waals surface area (Å²) >= 11 is 0. The summed E-state index contributed by atoms with van der Waals surface area (Å²) in [5.74, 6) is 3.01. The first-order chi connectivity index (χ1) is 32.9. The van der Waals surface area contributed by atoms with Gasteiger partial charge in [-0.05, 0) is 123 Å². The van der Waals surface area contributed by atoms with Gasteiger partial charge in [-0.1, -0.05) is 151 Å². The Morgan fingerprint density at radius 1 is 0.343 bits per heavy atom. The van der Waals surface area contributed by atoms with E-state index in [1.54, 1.807) is 77.5 Å². The van der Waals surface area contributed by atoms with Crippen molar-refractivity contribution in [1.29, 1.82) is 0 Å². The molecule has 67 heavy (non-hydrogen) atoms. The van der Waals surface area contributed by atoms with E-state index >= 15 is 0 Å². The second kappa shape index (κ2) is 22.0. The molecule has 0 N–H and O–H groups in total. The lowest BCUT2D eigenvalue weighted by molar-refractivity contribution is -0.429. The van der Waals surface area contributed by atoms with Gasteiger partial charge in [-0.2, -0.15) is 0 Å². The Hall–Kier alpha value is -7.73. The zero-order valence-electron chi connectivity index (χ0n) is 37.3. The van der Waals surface area contributed by atoms with Gasteiger partial charge in [0, 0.05) is 0 Å². The number of rotatable bonds is 22. The summed E-state index contributed by atoms with van der Waals surface area (Å²) in [4.78, 5) is 12.0. The highest BCUT2D eigenvalue weighted by Crippen LogP contribution is 2.64. The second-order valence-corrected chi connectivity index (χ2v) is 18.1. The Labute approximate surface area is 391 Å². The first-order valence-corrected chi connectivity index (χ1v) is 23.1. The molecule has 1 atom stereocenters. The Kier molecular flexibility index (Phi) is 15.0. The maximum atomic E-state index is 7.37. The fourth-order valence-electron chi connectivity index (χ4n) is 6.86. The topological polar surface area (TPSA) is 95.9 Å². The van der Waals surface area contributed by atoms with Crippen LogP contribution >= 0.6 is 7.51 Å². The van der Waals surface area contributed by atoms with Crippen molar-refractivity contribution in [2.24, 2.45) is 4.91 Å². The van der Waals surface area contributed by atoms with Gasteiger partial charge in [-0.3, -0.25) is 0 Å². The predicted molar refractivity (Wildman–Crippen MR) is 260 cm³/mol. The normalized spacial score (nSPS) is 12.4. The zero-order chi connectivity index (χ0) is 46.2. The van der Waals surface area contributed by atoms with E-state index in [1.807, 2.05) is 200 Å². The summed E-state index contributed by atoms with van der Waals surface area (Å²) in [6.45, 7) is -0.0930. The first kappa shape index (κ1) is 45.8. The maximum Gasteiger partial charge on any atom is 0.511 e. The van der Waals surface area contributed by atoms with Crippen molar-refractivity contribution >= 4 is 7.51 Å². The Bertz CT molecular complexity index is 2400. The molecular formula is C54H51N4O8P. The van der Waals surface area contributed by atoms with E-state index in [2.05, 4.69) is 0 Å². The molecule has 0 amide bonds. The minimum atomic E-state index is -4.11. The van der Waals surface area contributed by atoms with Gasteiger partial charge in [0.05, 0.1) is 0 Å². The van der Waals surface area contributed by atoms with Crippen molar-refractivity contribution in [3.05, 3.63) is 243 Å². The average Bonchev–Trinajstić information content (AvgIpc) is 3.37. The summed E-state index contributed by atoms with van der Waals surface area (Å²) in [6.07, 6.45) is -5.10. The number of ether oxygens (including phenoxy) is 7. The SMILES string of the molecule is CN(C)P(=NOc1ccccc1)(N(C)COc1ccccc1)N(C(Oc1ccccc1)(Oc1ccccc1)Oc1ccccc1)C(Oc1ccccc1)(Oc1ccccc1)Oc1ccccc1. The van der Waals surface area contributed by atoms with Gasteiger partial charge in [0.25, 0.3) is 0 Å². The Morgan fingerprint density at radius 3 is 0.836 bits per heavy atom. The predicted octanol–water partition coefficient (Wildman–Crippen LogP) is 12.5. The molecule has 1 unspecified atom stereocenters. The number of benzene rings is 8. The van der Waals surface area contributed by atoms with Crippen LogP contribution in [-0.4, -0.2) is 54.1 Å². The Morgan fingerprint density at radius 2 is 0.582 bits per heavy atom. The van der Waals surface area contributed by atoms with Crippen LogP contribution in [0.3, 0.4) is 0 Å². The molecule has 0 radical (unpaired) electrons. The van der Waals surface area contributed by atoms with Crippen molar-refractivity contribution in [3.63, 3.8) is 0 Å². The molecule has 0 fully saturated rings. The van der Waals surface area contributed by atoms with Gasteiger partial charge >= 0.3 is 12.2 Å². The number of nitrogens with zero attached hydrogens (tertiary/aromatic N) is 4. The molecule has 0 aliphatic rings. The van der Waals surface area contributed by atoms with Crippen molar-refractivity contribution in [1.82, 2.24) is 14.0 Å². The highest BCUT2D eigenvalue weighted by atomic mass is 31.2. The standard InChI is InChI=1S/C54H51N4O8P/c1-56(2)67(55-66-52-42-26-11-27-43-52,57(3)44-59-45-28-12-4-13-29-45)58(53(60-46-30-14-5-15-31-46,61-47-32-16-6-17-33-47)62-48-34-18-7-19-35-48)54(63-49-36-20-8-21-37-49,64-50-38-22-9-23-39-50)65-51-40-24-10-25-41-51/h4-43H,44H2,1-3H3. The summed E-state index contributed by atoms with van der Waals surface area (Å²) in [7, 11) is 1.45. The molecule has 0 aliphatic heterocycles. The van der Waals surface area contributed by atoms with Crippen LogP contribution < -0.4 is 38.0 Å². The van der Waals surface area contributed by atoms with Gasteiger partial charge in [-0.15, -0.1) is 0 Å². The summed E-state index contributed by atoms with van der Waals surface area (Å²) in [5.41, 5.74) is 0. The quantitative estimate of drug-likeness (QED) is 0.0369. The Balaban J connectivity index is 1.55. The molecule has 8 rings (SSSR count). The molecule has 0 spiro atoms. The van der Waals surface area contributed by atoms with Crippen molar-refractivity contribution in [3.8, 4) is 46.0 Å². The van der Waals surface area contributed by atoms with E-state index in [0.717, 1.165) is 0 Å². The molecule has 0 bridgehead atoms. The van der Waals surface area contributed by atoms with E-state index in [-0.39, 0.29) is 6.73 Å². The van der Waals surface area contributed by atoms with E-state index in [1.165, 1.54) is 0 Å². The molecule has 12 nitrogen and oxygen atoms in total. The first-order valence-electron chi connectivity index (χ1n) is 21.5. The van der Waals surface area contributed by atoms with Crippen LogP contribution in [0.2, 0.25) is 0 Å². The highest BCUT2D eigenvalue weighted by molar-refractivity contribution is 7.59. The van der Waals surface area contributed by atoms with Crippen LogP contribution in [0.15, 0.2) is 248 Å². The fourth-order valence-corrected chi connectivity index (χ4v) is 9.80. The van der Waals surface area contributed by atoms with Gasteiger partial charge in [0.15, 0.2) is 5.75 Å². The monoisotopic (exact) mass is 914 g/mol. The van der Waals surface area contributed by atoms with Crippen LogP contribution in [0.25, 0.3) is 0 Å². The van der Waals surface area contributed by atoms with Gasteiger partial charge in [-0.25, -0.2) is 9.34 Å². The summed E-state index contributed by atoms with van der Waals surface area (Å²) in [6, 6.07) is 73.7. The van der Waals surface area contributed by atoms with E-state index in [9.17, 15) is 0 Å². The van der Waals surface area contributed by atoms with Crippen LogP contribution in [0.1, 0.15) is 0 Å². The lowest BCUT2D eigenvalue weighted by Gasteiger charge is -2.53. The van der Waals surface area contributed by atoms with Crippen LogP contribution in [0, 0.1) is 0 Å².